The Kier molecular flexibility index (Phi) is 56.5. The van der Waals surface area contributed by atoms with Crippen LogP contribution in [0.15, 0.2) is 0 Å². The SMILES string of the molecule is ClCCl.OCCO.[O]=[V]=[O]. The van der Waals surface area contributed by atoms with Crippen LogP contribution in [-0.2, 0) is 23.5 Å². The molecule has 0 aromatic rings. The molecule has 2 N–H and O–H groups in total. The van der Waals surface area contributed by atoms with Gasteiger partial charge >= 0.3 is 23.5 Å². The van der Waals surface area contributed by atoms with Crippen LogP contribution in [0.4, 0.5) is 0 Å². The van der Waals surface area contributed by atoms with Crippen molar-refractivity contribution < 1.29 is 33.7 Å². The molecule has 63 valence electrons. The van der Waals surface area contributed by atoms with Crippen molar-refractivity contribution >= 4 is 23.2 Å². The van der Waals surface area contributed by atoms with Crippen LogP contribution in [-0.4, -0.2) is 28.8 Å². The summed E-state index contributed by atoms with van der Waals surface area (Å²) in [7, 11) is 0. The predicted molar refractivity (Wildman–Crippen MR) is 32.1 cm³/mol. The summed E-state index contributed by atoms with van der Waals surface area (Å²) >= 11 is 7.72. The number of alkyl halides is 2. The summed E-state index contributed by atoms with van der Waals surface area (Å²) in [4.78, 5) is 0. The molecule has 0 radical (unpaired) electrons. The van der Waals surface area contributed by atoms with E-state index in [9.17, 15) is 0 Å². The summed E-state index contributed by atoms with van der Waals surface area (Å²) in [5.74, 6) is 0. The topological polar surface area (TPSA) is 74.6 Å². The van der Waals surface area contributed by atoms with Crippen molar-refractivity contribution in [2.75, 3.05) is 18.6 Å². The Labute approximate surface area is 75.7 Å². The third kappa shape index (κ3) is 181. The molecule has 10 heavy (non-hydrogen) atoms. The Hall–Kier alpha value is 0.684. The van der Waals surface area contributed by atoms with E-state index in [1.165, 1.54) is 0 Å². The Balaban J connectivity index is -0.0000000750. The van der Waals surface area contributed by atoms with E-state index in [4.69, 9.17) is 40.8 Å². The molecule has 0 saturated heterocycles. The zero-order chi connectivity index (χ0) is 8.83. The standard InChI is InChI=1S/C2H6O2.CH2Cl2.2O.V/c3-1-2-4;2-1-3;;;/h3-4H,1-2H2;1H2;;;. The number of hydrogen-bond donors (Lipinski definition) is 2. The van der Waals surface area contributed by atoms with Crippen molar-refractivity contribution in [3.8, 4) is 0 Å². The molecule has 4 nitrogen and oxygen atoms in total. The molecule has 0 amide bonds. The van der Waals surface area contributed by atoms with Crippen LogP contribution in [0.25, 0.3) is 0 Å². The normalized spacial score (nSPS) is 5.60. The van der Waals surface area contributed by atoms with Gasteiger partial charge in [0.2, 0.25) is 0 Å². The molecular weight excluding hydrogens is 222 g/mol. The summed E-state index contributed by atoms with van der Waals surface area (Å²) in [5, 5.41) is 15.4. The number of rotatable bonds is 1. The fraction of sp³-hybridized carbons (Fsp3) is 1.00. The Morgan fingerprint density at radius 3 is 1.20 bits per heavy atom. The second-order valence-electron chi connectivity index (χ2n) is 0.623. The summed E-state index contributed by atoms with van der Waals surface area (Å²) in [6, 6.07) is 0. The van der Waals surface area contributed by atoms with Crippen LogP contribution >= 0.6 is 23.2 Å². The molecule has 0 unspecified atom stereocenters. The first-order valence-corrected chi connectivity index (χ1v) is 4.24. The number of halogens is 2. The zero-order valence-electron chi connectivity index (χ0n) is 5.04. The van der Waals surface area contributed by atoms with E-state index in [1.54, 1.807) is 0 Å². The van der Waals surface area contributed by atoms with Gasteiger partial charge in [0, 0.05) is 0 Å². The molecule has 0 bridgehead atoms. The van der Waals surface area contributed by atoms with E-state index < -0.39 is 16.2 Å². The van der Waals surface area contributed by atoms with Gasteiger partial charge < -0.3 is 10.2 Å². The van der Waals surface area contributed by atoms with Gasteiger partial charge in [-0.25, -0.2) is 0 Å². The molecule has 0 aromatic heterocycles. The first-order chi connectivity index (χ1) is 4.74. The molecule has 0 spiro atoms. The third-order valence-corrected chi connectivity index (χ3v) is 0.1000. The molecule has 0 heterocycles. The van der Waals surface area contributed by atoms with Gasteiger partial charge in [0.1, 0.15) is 0 Å². The van der Waals surface area contributed by atoms with Gasteiger partial charge in [-0.3, -0.25) is 0 Å². The van der Waals surface area contributed by atoms with Gasteiger partial charge in [-0.15, -0.1) is 23.2 Å². The number of aliphatic hydroxyl groups is 2. The monoisotopic (exact) mass is 229 g/mol. The Morgan fingerprint density at radius 1 is 1.10 bits per heavy atom. The van der Waals surface area contributed by atoms with Crippen LogP contribution in [0.3, 0.4) is 0 Å². The average molecular weight is 230 g/mol. The van der Waals surface area contributed by atoms with Crippen LogP contribution < -0.4 is 0 Å². The van der Waals surface area contributed by atoms with Crippen LogP contribution in [0.2, 0.25) is 0 Å². The van der Waals surface area contributed by atoms with Crippen LogP contribution in [0.1, 0.15) is 0 Å². The number of aliphatic hydroxyl groups excluding tert-OH is 2. The second kappa shape index (κ2) is 33.3. The maximum absolute atomic E-state index is 8.47. The molecule has 0 fully saturated rings. The quantitative estimate of drug-likeness (QED) is 0.628. The molecule has 7 heteroatoms. The van der Waals surface area contributed by atoms with E-state index in [1.807, 2.05) is 0 Å². The van der Waals surface area contributed by atoms with Crippen molar-refractivity contribution in [2.24, 2.45) is 0 Å². The summed E-state index contributed by atoms with van der Waals surface area (Å²) < 4.78 is 16.9. The Bertz CT molecular complexity index is 63.5. The Morgan fingerprint density at radius 2 is 1.20 bits per heavy atom. The molecule has 0 rings (SSSR count). The fourth-order valence-electron chi connectivity index (χ4n) is 0. The second-order valence-corrected chi connectivity index (χ2v) is 1.66. The van der Waals surface area contributed by atoms with Gasteiger partial charge in [-0.05, 0) is 0 Å². The molecular formula is C3H8Cl2O4V. The van der Waals surface area contributed by atoms with Gasteiger partial charge in [-0.2, -0.15) is 0 Å². The minimum atomic E-state index is -1.81. The van der Waals surface area contributed by atoms with Gasteiger partial charge in [0.05, 0.1) is 18.6 Å². The number of hydrogen-bond acceptors (Lipinski definition) is 4. The molecule has 0 atom stereocenters. The van der Waals surface area contributed by atoms with E-state index >= 15 is 0 Å². The first-order valence-electron chi connectivity index (χ1n) is 2.03. The van der Waals surface area contributed by atoms with E-state index in [2.05, 4.69) is 0 Å². The summed E-state index contributed by atoms with van der Waals surface area (Å²) in [6.07, 6.45) is 0. The van der Waals surface area contributed by atoms with Gasteiger partial charge in [-0.1, -0.05) is 0 Å². The first kappa shape index (κ1) is 17.0. The van der Waals surface area contributed by atoms with Gasteiger partial charge in [0.25, 0.3) is 0 Å². The van der Waals surface area contributed by atoms with Crippen LogP contribution in [0.5, 0.6) is 0 Å². The van der Waals surface area contributed by atoms with E-state index in [0.717, 1.165) is 0 Å². The predicted octanol–water partition coefficient (Wildman–Crippen LogP) is 0.152. The third-order valence-electron chi connectivity index (χ3n) is 0.1000. The van der Waals surface area contributed by atoms with Crippen molar-refractivity contribution in [3.63, 3.8) is 0 Å². The van der Waals surface area contributed by atoms with Crippen molar-refractivity contribution in [1.29, 1.82) is 0 Å². The van der Waals surface area contributed by atoms with Crippen molar-refractivity contribution in [2.45, 2.75) is 0 Å². The average Bonchev–Trinajstić information content (AvgIpc) is 1.91. The summed E-state index contributed by atoms with van der Waals surface area (Å²) in [5.41, 5.74) is 0. The molecule has 0 aliphatic carbocycles. The summed E-state index contributed by atoms with van der Waals surface area (Å²) in [6.45, 7) is -0.250. The molecule has 0 aliphatic rings. The fourth-order valence-corrected chi connectivity index (χ4v) is 0. The van der Waals surface area contributed by atoms with E-state index in [-0.39, 0.29) is 18.6 Å². The van der Waals surface area contributed by atoms with Crippen molar-refractivity contribution in [1.82, 2.24) is 0 Å². The molecule has 0 aliphatic heterocycles. The molecule has 0 saturated carbocycles. The minimum absolute atomic E-state index is 0.125. The van der Waals surface area contributed by atoms with Crippen LogP contribution in [0, 0.1) is 0 Å². The maximum atomic E-state index is 8.47. The van der Waals surface area contributed by atoms with Gasteiger partial charge in [0.15, 0.2) is 0 Å². The van der Waals surface area contributed by atoms with E-state index in [0.29, 0.717) is 0 Å². The van der Waals surface area contributed by atoms with Crippen molar-refractivity contribution in [3.05, 3.63) is 0 Å². The molecule has 0 aromatic carbocycles. The zero-order valence-corrected chi connectivity index (χ0v) is 7.94.